The minimum Gasteiger partial charge on any atom is -0.379 e. The number of likely N-dealkylation sites (tertiary alicyclic amines) is 1. The largest absolute Gasteiger partial charge is 0.379 e. The van der Waals surface area contributed by atoms with Gasteiger partial charge in [-0.05, 0) is 56.7 Å². The number of carbonyl (C=O) groups excluding carboxylic acids is 4. The number of likely N-dealkylation sites (N-methyl/N-ethyl adjacent to an activating group) is 1. The molecule has 0 bridgehead atoms. The Kier molecular flexibility index (Phi) is 21.1. The highest BCUT2D eigenvalue weighted by Crippen LogP contribution is 2.31. The van der Waals surface area contributed by atoms with E-state index < -0.39 is 30.1 Å². The zero-order chi connectivity index (χ0) is 42.1. The van der Waals surface area contributed by atoms with Crippen molar-refractivity contribution in [2.24, 2.45) is 28.7 Å². The molecule has 1 aliphatic rings. The number of rotatable bonds is 23. The summed E-state index contributed by atoms with van der Waals surface area (Å²) >= 11 is 0. The lowest BCUT2D eigenvalue weighted by Crippen LogP contribution is -2.55. The molecule has 1 heterocycles. The van der Waals surface area contributed by atoms with E-state index in [0.717, 1.165) is 31.4 Å². The van der Waals surface area contributed by atoms with Crippen molar-refractivity contribution in [3.05, 3.63) is 35.9 Å². The van der Waals surface area contributed by atoms with Gasteiger partial charge >= 0.3 is 0 Å². The van der Waals surface area contributed by atoms with Gasteiger partial charge in [-0.25, -0.2) is 4.99 Å². The summed E-state index contributed by atoms with van der Waals surface area (Å²) in [4.78, 5) is 68.3. The summed E-state index contributed by atoms with van der Waals surface area (Å²) in [5.41, 5.74) is 0.995. The van der Waals surface area contributed by atoms with Gasteiger partial charge in [-0.15, -0.1) is 0 Å². The van der Waals surface area contributed by atoms with Crippen LogP contribution in [0.25, 0.3) is 0 Å². The number of ketones is 1. The maximum Gasteiger partial charge on any atom is 0.247 e. The average molecular weight is 786 g/mol. The fraction of sp³-hybridized carbons (Fsp3) is 0.744. The van der Waals surface area contributed by atoms with Gasteiger partial charge in [0.25, 0.3) is 0 Å². The van der Waals surface area contributed by atoms with Crippen LogP contribution in [0.2, 0.25) is 0 Å². The van der Waals surface area contributed by atoms with E-state index >= 15 is 0 Å². The molecule has 0 unspecified atom stereocenters. The summed E-state index contributed by atoms with van der Waals surface area (Å²) in [5.74, 6) is -0.836. The second kappa shape index (κ2) is 24.3. The summed E-state index contributed by atoms with van der Waals surface area (Å²) < 4.78 is 12.1. The van der Waals surface area contributed by atoms with Crippen molar-refractivity contribution in [3.63, 3.8) is 0 Å². The predicted octanol–water partition coefficient (Wildman–Crippen LogP) is 3.95. The van der Waals surface area contributed by atoms with E-state index in [1.54, 1.807) is 26.2 Å². The molecule has 1 fully saturated rings. The summed E-state index contributed by atoms with van der Waals surface area (Å²) in [5, 5.41) is 6.12. The molecule has 56 heavy (non-hydrogen) atoms. The van der Waals surface area contributed by atoms with E-state index in [1.165, 1.54) is 0 Å². The first-order chi connectivity index (χ1) is 26.5. The van der Waals surface area contributed by atoms with Crippen LogP contribution in [0, 0.1) is 23.7 Å². The van der Waals surface area contributed by atoms with Crippen LogP contribution < -0.4 is 10.6 Å². The summed E-state index contributed by atoms with van der Waals surface area (Å²) in [6, 6.07) is 8.44. The lowest BCUT2D eigenvalue weighted by atomic mass is 9.85. The van der Waals surface area contributed by atoms with Gasteiger partial charge in [0.05, 0.1) is 30.7 Å². The van der Waals surface area contributed by atoms with Crippen LogP contribution in [0.5, 0.6) is 0 Å². The van der Waals surface area contributed by atoms with Crippen molar-refractivity contribution in [2.75, 3.05) is 76.1 Å². The molecule has 0 aliphatic carbocycles. The third-order valence-corrected chi connectivity index (χ3v) is 11.3. The number of amides is 3. The number of nitrogens with zero attached hydrogens (tertiary/aromatic N) is 5. The Morgan fingerprint density at radius 3 is 2.11 bits per heavy atom. The molecule has 3 amide bonds. The molecular weight excluding hydrogens is 711 g/mol. The topological polar surface area (TPSA) is 136 Å². The van der Waals surface area contributed by atoms with Crippen molar-refractivity contribution >= 4 is 29.5 Å². The molecule has 2 N–H and O–H groups in total. The van der Waals surface area contributed by atoms with E-state index in [-0.39, 0.29) is 60.3 Å². The molecule has 13 nitrogen and oxygen atoms in total. The number of carbonyl (C=O) groups is 4. The van der Waals surface area contributed by atoms with Gasteiger partial charge in [0.1, 0.15) is 11.8 Å². The van der Waals surface area contributed by atoms with Gasteiger partial charge in [0, 0.05) is 80.8 Å². The second-order valence-electron chi connectivity index (χ2n) is 16.3. The van der Waals surface area contributed by atoms with Crippen molar-refractivity contribution < 1.29 is 28.7 Å². The number of nitrogens with one attached hydrogen (secondary N) is 2. The van der Waals surface area contributed by atoms with Crippen LogP contribution >= 0.6 is 0 Å². The number of hydrogen-bond donors (Lipinski definition) is 2. The Hall–Kier alpha value is -3.55. The molecule has 0 spiro atoms. The molecule has 8 atom stereocenters. The maximum atomic E-state index is 14.3. The van der Waals surface area contributed by atoms with Crippen molar-refractivity contribution in [2.45, 2.75) is 110 Å². The van der Waals surface area contributed by atoms with Gasteiger partial charge in [-0.3, -0.25) is 19.2 Å². The quantitative estimate of drug-likeness (QED) is 0.0961. The highest BCUT2D eigenvalue weighted by molar-refractivity contribution is 5.89. The molecule has 13 heteroatoms. The van der Waals surface area contributed by atoms with Crippen molar-refractivity contribution in [1.82, 2.24) is 30.2 Å². The lowest BCUT2D eigenvalue weighted by molar-refractivity contribution is -0.146. The molecule has 318 valence electrons. The number of ether oxygens (including phenoxy) is 2. The minimum atomic E-state index is -0.624. The Morgan fingerprint density at radius 1 is 0.929 bits per heavy atom. The minimum absolute atomic E-state index is 0.0312. The third-order valence-electron chi connectivity index (χ3n) is 11.3. The standard InChI is InChI=1S/C43H75N7O6/c1-14-30(4)39(49(11)42(54)38(29(2)3)46-43(47(7)8)48(9)10)36(55-12)28-37(52)50-25-18-22-34(50)40(56-13)31(5)35(51)27-33(26-32-20-16-15-17-21-32)41(53)45-24-19-23-44-6/h15-17,20-21,29-31,33-34,36,38-40,44H,14,18-19,22-28H2,1-13H3,(H,45,53)/t30-,31-,33+,34-,36+,38-,39-,40+/m0/s1. The first-order valence-electron chi connectivity index (χ1n) is 20.6. The van der Waals surface area contributed by atoms with Crippen molar-refractivity contribution in [1.29, 1.82) is 0 Å². The SMILES string of the molecule is CC[C@H](C)[C@@H]([C@@H](CC(=O)N1CCC[C@H]1[C@H](OC)[C@@H](C)C(=O)C[C@@H](Cc1ccccc1)C(=O)NCCCNC)OC)N(C)C(=O)[C@@H](N=C(N(C)C)N(C)C)C(C)C. The normalized spacial score (nSPS) is 18.0. The molecule has 1 aliphatic heterocycles. The molecule has 1 aromatic carbocycles. The summed E-state index contributed by atoms with van der Waals surface area (Å²) in [6.07, 6.45) is 2.52. The van der Waals surface area contributed by atoms with Gasteiger partial charge in [0.2, 0.25) is 17.7 Å². The van der Waals surface area contributed by atoms with Gasteiger partial charge in [0.15, 0.2) is 5.96 Å². The summed E-state index contributed by atoms with van der Waals surface area (Å²) in [6.45, 7) is 11.9. The van der Waals surface area contributed by atoms with Crippen LogP contribution in [0.15, 0.2) is 35.3 Å². The van der Waals surface area contributed by atoms with E-state index in [2.05, 4.69) is 24.5 Å². The number of guanidine groups is 1. The highest BCUT2D eigenvalue weighted by atomic mass is 16.5. The van der Waals surface area contributed by atoms with Crippen LogP contribution in [0.4, 0.5) is 0 Å². The second-order valence-corrected chi connectivity index (χ2v) is 16.3. The Balaban J connectivity index is 2.31. The van der Waals surface area contributed by atoms with E-state index in [1.807, 2.05) is 101 Å². The summed E-state index contributed by atoms with van der Waals surface area (Å²) in [7, 11) is 14.5. The number of Topliss-reactive ketones (excluding diaryl/α,β-unsaturated/α-hetero) is 1. The van der Waals surface area contributed by atoms with E-state index in [4.69, 9.17) is 14.5 Å². The molecule has 0 saturated carbocycles. The van der Waals surface area contributed by atoms with Crippen LogP contribution in [0.3, 0.4) is 0 Å². The molecule has 0 aromatic heterocycles. The Bertz CT molecular complexity index is 1380. The van der Waals surface area contributed by atoms with Gasteiger partial charge in [-0.2, -0.15) is 0 Å². The van der Waals surface area contributed by atoms with Crippen LogP contribution in [-0.2, 0) is 35.1 Å². The van der Waals surface area contributed by atoms with Gasteiger partial charge < -0.3 is 39.7 Å². The van der Waals surface area contributed by atoms with Gasteiger partial charge in [-0.1, -0.05) is 71.4 Å². The zero-order valence-corrected chi connectivity index (χ0v) is 36.8. The average Bonchev–Trinajstić information content (AvgIpc) is 3.65. The first-order valence-corrected chi connectivity index (χ1v) is 20.6. The molecular formula is C43H75N7O6. The predicted molar refractivity (Wildman–Crippen MR) is 224 cm³/mol. The Labute approximate surface area is 338 Å². The fourth-order valence-corrected chi connectivity index (χ4v) is 8.00. The number of benzene rings is 1. The fourth-order valence-electron chi connectivity index (χ4n) is 8.00. The number of methoxy groups -OCH3 is 2. The van der Waals surface area contributed by atoms with E-state index in [9.17, 15) is 19.2 Å². The molecule has 0 radical (unpaired) electrons. The molecule has 2 rings (SSSR count). The maximum absolute atomic E-state index is 14.3. The highest BCUT2D eigenvalue weighted by Gasteiger charge is 2.43. The smallest absolute Gasteiger partial charge is 0.247 e. The Morgan fingerprint density at radius 2 is 1.57 bits per heavy atom. The lowest BCUT2D eigenvalue weighted by Gasteiger charge is -2.40. The number of hydrogen-bond acceptors (Lipinski definition) is 8. The van der Waals surface area contributed by atoms with E-state index in [0.29, 0.717) is 31.9 Å². The molecule has 1 saturated heterocycles. The van der Waals surface area contributed by atoms with Crippen molar-refractivity contribution in [3.8, 4) is 0 Å². The third kappa shape index (κ3) is 13.8. The van der Waals surface area contributed by atoms with Crippen LogP contribution in [0.1, 0.15) is 78.7 Å². The first kappa shape index (κ1) is 48.6. The zero-order valence-electron chi connectivity index (χ0n) is 36.8. The monoisotopic (exact) mass is 786 g/mol. The van der Waals surface area contributed by atoms with Crippen LogP contribution in [-0.4, -0.2) is 156 Å². The molecule has 1 aromatic rings. The number of aliphatic imine (C=N–C) groups is 1.